The maximum atomic E-state index is 12.5. The number of nitrogens with zero attached hydrogens (tertiary/aromatic N) is 2. The molecule has 0 aliphatic heterocycles. The fourth-order valence-electron chi connectivity index (χ4n) is 2.29. The van der Waals surface area contributed by atoms with Crippen LogP contribution in [-0.2, 0) is 10.0 Å². The molecule has 2 aromatic carbocycles. The van der Waals surface area contributed by atoms with Gasteiger partial charge in [0.2, 0.25) is 10.0 Å². The van der Waals surface area contributed by atoms with Crippen molar-refractivity contribution < 1.29 is 13.2 Å². The number of imidazole rings is 1. The molecule has 0 fully saturated rings. The van der Waals surface area contributed by atoms with Crippen molar-refractivity contribution in [2.45, 2.75) is 4.90 Å². The van der Waals surface area contributed by atoms with Crippen LogP contribution < -0.4 is 10.0 Å². The Morgan fingerprint density at radius 3 is 2.50 bits per heavy atom. The SMILES string of the molecule is CNS(=O)(=O)c1ccc(Cl)c(C(=O)Nc2ccc(-n3ccnc3)cc2)c1. The van der Waals surface area contributed by atoms with Crippen molar-refractivity contribution in [2.24, 2.45) is 0 Å². The third kappa shape index (κ3) is 3.77. The minimum absolute atomic E-state index is 0.0370. The first kappa shape index (κ1) is 18.1. The molecular weight excluding hydrogens is 376 g/mol. The van der Waals surface area contributed by atoms with Gasteiger partial charge in [-0.2, -0.15) is 0 Å². The number of carbonyl (C=O) groups is 1. The van der Waals surface area contributed by atoms with E-state index in [1.54, 1.807) is 30.9 Å². The van der Waals surface area contributed by atoms with Crippen LogP contribution in [0.3, 0.4) is 0 Å². The predicted octanol–water partition coefficient (Wildman–Crippen LogP) is 2.69. The molecule has 1 heterocycles. The Labute approximate surface area is 155 Å². The predicted molar refractivity (Wildman–Crippen MR) is 99.2 cm³/mol. The minimum atomic E-state index is -3.67. The average Bonchev–Trinajstić information content (AvgIpc) is 3.17. The zero-order chi connectivity index (χ0) is 18.7. The van der Waals surface area contributed by atoms with E-state index >= 15 is 0 Å². The number of nitrogens with one attached hydrogen (secondary N) is 2. The molecule has 7 nitrogen and oxygen atoms in total. The summed E-state index contributed by atoms with van der Waals surface area (Å²) in [4.78, 5) is 16.4. The lowest BCUT2D eigenvalue weighted by atomic mass is 10.2. The molecule has 0 aliphatic carbocycles. The number of carbonyl (C=O) groups excluding carboxylic acids is 1. The second-order valence-corrected chi connectivity index (χ2v) is 7.61. The van der Waals surface area contributed by atoms with Crippen molar-refractivity contribution in [1.82, 2.24) is 14.3 Å². The summed E-state index contributed by atoms with van der Waals surface area (Å²) in [5, 5.41) is 2.86. The van der Waals surface area contributed by atoms with Gasteiger partial charge in [0.15, 0.2) is 0 Å². The maximum absolute atomic E-state index is 12.5. The largest absolute Gasteiger partial charge is 0.322 e. The molecule has 3 rings (SSSR count). The Kier molecular flexibility index (Phi) is 5.08. The van der Waals surface area contributed by atoms with E-state index in [0.717, 1.165) is 5.69 Å². The molecule has 3 aromatic rings. The van der Waals surface area contributed by atoms with Gasteiger partial charge in [-0.3, -0.25) is 4.79 Å². The van der Waals surface area contributed by atoms with Crippen LogP contribution in [0.4, 0.5) is 5.69 Å². The maximum Gasteiger partial charge on any atom is 0.257 e. The first-order valence-corrected chi connectivity index (χ1v) is 9.39. The molecule has 0 bridgehead atoms. The first-order valence-electron chi connectivity index (χ1n) is 7.53. The summed E-state index contributed by atoms with van der Waals surface area (Å²) >= 11 is 6.06. The third-order valence-electron chi connectivity index (χ3n) is 3.69. The van der Waals surface area contributed by atoms with E-state index < -0.39 is 15.9 Å². The van der Waals surface area contributed by atoms with Gasteiger partial charge in [0.1, 0.15) is 0 Å². The van der Waals surface area contributed by atoms with Crippen molar-refractivity contribution in [3.63, 3.8) is 0 Å². The molecular formula is C17H15ClN4O3S. The fourth-order valence-corrected chi connectivity index (χ4v) is 3.25. The van der Waals surface area contributed by atoms with Crippen LogP contribution in [0.25, 0.3) is 5.69 Å². The van der Waals surface area contributed by atoms with Gasteiger partial charge in [-0.1, -0.05) is 11.6 Å². The normalized spacial score (nSPS) is 11.3. The van der Waals surface area contributed by atoms with Gasteiger partial charge in [-0.25, -0.2) is 18.1 Å². The van der Waals surface area contributed by atoms with E-state index in [1.165, 1.54) is 25.2 Å². The molecule has 0 spiro atoms. The number of anilines is 1. The van der Waals surface area contributed by atoms with Crippen LogP contribution in [-0.4, -0.2) is 30.9 Å². The highest BCUT2D eigenvalue weighted by molar-refractivity contribution is 7.89. The monoisotopic (exact) mass is 390 g/mol. The Bertz CT molecular complexity index is 1030. The summed E-state index contributed by atoms with van der Waals surface area (Å²) in [7, 11) is -2.37. The molecule has 0 radical (unpaired) electrons. The number of sulfonamides is 1. The highest BCUT2D eigenvalue weighted by Gasteiger charge is 2.17. The van der Waals surface area contributed by atoms with Gasteiger partial charge in [-0.15, -0.1) is 0 Å². The first-order chi connectivity index (χ1) is 12.4. The van der Waals surface area contributed by atoms with Crippen molar-refractivity contribution in [3.05, 3.63) is 71.8 Å². The van der Waals surface area contributed by atoms with Gasteiger partial charge < -0.3 is 9.88 Å². The zero-order valence-electron chi connectivity index (χ0n) is 13.7. The highest BCUT2D eigenvalue weighted by Crippen LogP contribution is 2.22. The zero-order valence-corrected chi connectivity index (χ0v) is 15.3. The fraction of sp³-hybridized carbons (Fsp3) is 0.0588. The highest BCUT2D eigenvalue weighted by atomic mass is 35.5. The Morgan fingerprint density at radius 2 is 1.88 bits per heavy atom. The van der Waals surface area contributed by atoms with Crippen LogP contribution in [0.15, 0.2) is 66.1 Å². The van der Waals surface area contributed by atoms with Crippen LogP contribution in [0.1, 0.15) is 10.4 Å². The van der Waals surface area contributed by atoms with E-state index in [0.29, 0.717) is 5.69 Å². The van der Waals surface area contributed by atoms with Crippen molar-refractivity contribution >= 4 is 33.2 Å². The van der Waals surface area contributed by atoms with Gasteiger partial charge >= 0.3 is 0 Å². The Balaban J connectivity index is 1.83. The van der Waals surface area contributed by atoms with Gasteiger partial charge in [0, 0.05) is 23.8 Å². The average molecular weight is 391 g/mol. The summed E-state index contributed by atoms with van der Waals surface area (Å²) < 4.78 is 27.8. The van der Waals surface area contributed by atoms with E-state index in [-0.39, 0.29) is 15.5 Å². The smallest absolute Gasteiger partial charge is 0.257 e. The van der Waals surface area contributed by atoms with E-state index in [9.17, 15) is 13.2 Å². The molecule has 0 unspecified atom stereocenters. The van der Waals surface area contributed by atoms with Crippen LogP contribution >= 0.6 is 11.6 Å². The molecule has 0 saturated carbocycles. The quantitative estimate of drug-likeness (QED) is 0.700. The summed E-state index contributed by atoms with van der Waals surface area (Å²) in [6.45, 7) is 0. The summed E-state index contributed by atoms with van der Waals surface area (Å²) in [5.41, 5.74) is 1.51. The van der Waals surface area contributed by atoms with Gasteiger partial charge in [0.05, 0.1) is 21.8 Å². The summed E-state index contributed by atoms with van der Waals surface area (Å²) in [5.74, 6) is -0.501. The molecule has 0 saturated heterocycles. The molecule has 0 aliphatic rings. The number of hydrogen-bond donors (Lipinski definition) is 2. The van der Waals surface area contributed by atoms with Crippen molar-refractivity contribution in [3.8, 4) is 5.69 Å². The van der Waals surface area contributed by atoms with E-state index in [4.69, 9.17) is 11.6 Å². The van der Waals surface area contributed by atoms with E-state index in [1.807, 2.05) is 16.7 Å². The molecule has 134 valence electrons. The summed E-state index contributed by atoms with van der Waals surface area (Å²) in [6, 6.07) is 11.1. The van der Waals surface area contributed by atoms with Crippen molar-refractivity contribution in [1.29, 1.82) is 0 Å². The molecule has 2 N–H and O–H groups in total. The standard InChI is InChI=1S/C17H15ClN4O3S/c1-19-26(24,25)14-6-7-16(18)15(10-14)17(23)21-12-2-4-13(5-3-12)22-9-8-20-11-22/h2-11,19H,1H3,(H,21,23). The second-order valence-electron chi connectivity index (χ2n) is 5.32. The number of halogens is 1. The summed E-state index contributed by atoms with van der Waals surface area (Å²) in [6.07, 6.45) is 5.14. The van der Waals surface area contributed by atoms with Gasteiger partial charge in [-0.05, 0) is 49.5 Å². The molecule has 1 aromatic heterocycles. The lowest BCUT2D eigenvalue weighted by Crippen LogP contribution is -2.20. The molecule has 9 heteroatoms. The lowest BCUT2D eigenvalue weighted by Gasteiger charge is -2.10. The van der Waals surface area contributed by atoms with Crippen molar-refractivity contribution in [2.75, 3.05) is 12.4 Å². The van der Waals surface area contributed by atoms with Gasteiger partial charge in [0.25, 0.3) is 5.91 Å². The lowest BCUT2D eigenvalue weighted by molar-refractivity contribution is 0.102. The Hall–Kier alpha value is -2.68. The van der Waals surface area contributed by atoms with Crippen LogP contribution in [0.5, 0.6) is 0 Å². The van der Waals surface area contributed by atoms with E-state index in [2.05, 4.69) is 15.0 Å². The topological polar surface area (TPSA) is 93.1 Å². The minimum Gasteiger partial charge on any atom is -0.322 e. The number of rotatable bonds is 5. The number of amides is 1. The molecule has 26 heavy (non-hydrogen) atoms. The number of aromatic nitrogens is 2. The molecule has 1 amide bonds. The van der Waals surface area contributed by atoms with Crippen LogP contribution in [0.2, 0.25) is 5.02 Å². The number of benzene rings is 2. The van der Waals surface area contributed by atoms with Crippen LogP contribution in [0, 0.1) is 0 Å². The molecule has 0 atom stereocenters. The Morgan fingerprint density at radius 1 is 1.15 bits per heavy atom. The third-order valence-corrected chi connectivity index (χ3v) is 5.43. The second kappa shape index (κ2) is 7.28. The number of hydrogen-bond acceptors (Lipinski definition) is 4.